The number of amides is 1. The number of β-amino-alcohol motifs (C(OH)–C–C–N with tert-alkyl or cyclic N) is 1. The summed E-state index contributed by atoms with van der Waals surface area (Å²) in [5, 5.41) is 13.8. The van der Waals surface area contributed by atoms with Gasteiger partial charge in [-0.3, -0.25) is 10.2 Å². The van der Waals surface area contributed by atoms with E-state index in [1.165, 1.54) is 12.3 Å². The summed E-state index contributed by atoms with van der Waals surface area (Å²) in [5.41, 5.74) is 0.429. The highest BCUT2D eigenvalue weighted by atomic mass is 35.5. The van der Waals surface area contributed by atoms with Crippen LogP contribution in [0.25, 0.3) is 0 Å². The molecule has 2 unspecified atom stereocenters. The summed E-state index contributed by atoms with van der Waals surface area (Å²) in [6.07, 6.45) is 0.936. The van der Waals surface area contributed by atoms with Gasteiger partial charge in [-0.25, -0.2) is 4.79 Å². The maximum absolute atomic E-state index is 12.1. The molecule has 174 valence electrons. The van der Waals surface area contributed by atoms with Gasteiger partial charge in [0, 0.05) is 30.7 Å². The van der Waals surface area contributed by atoms with Gasteiger partial charge in [0.15, 0.2) is 0 Å². The highest BCUT2D eigenvalue weighted by Crippen LogP contribution is 2.25. The Morgan fingerprint density at radius 1 is 1.18 bits per heavy atom. The van der Waals surface area contributed by atoms with Crippen LogP contribution < -0.4 is 19.5 Å². The maximum atomic E-state index is 12.1. The van der Waals surface area contributed by atoms with Crippen LogP contribution in [0.15, 0.2) is 71.3 Å². The molecule has 2 aromatic carbocycles. The lowest BCUT2D eigenvalue weighted by Crippen LogP contribution is -2.35. The Morgan fingerprint density at radius 2 is 2.00 bits per heavy atom. The zero-order valence-electron chi connectivity index (χ0n) is 17.9. The molecular weight excluding hydrogens is 448 g/mol. The summed E-state index contributed by atoms with van der Waals surface area (Å²) in [4.78, 5) is 14.2. The van der Waals surface area contributed by atoms with Crippen molar-refractivity contribution < 1.29 is 28.5 Å². The molecule has 33 heavy (non-hydrogen) atoms. The van der Waals surface area contributed by atoms with Crippen LogP contribution >= 0.6 is 11.6 Å². The van der Waals surface area contributed by atoms with Crippen LogP contribution in [0, 0.1) is 0 Å². The fraction of sp³-hybridized carbons (Fsp3) is 0.292. The lowest BCUT2D eigenvalue weighted by Gasteiger charge is -2.21. The van der Waals surface area contributed by atoms with Crippen molar-refractivity contribution in [3.8, 4) is 17.4 Å². The number of nitrogens with one attached hydrogen (secondary N) is 1. The lowest BCUT2D eigenvalue weighted by atomic mass is 10.3. The van der Waals surface area contributed by atoms with Gasteiger partial charge in [0.05, 0.1) is 12.0 Å². The third kappa shape index (κ3) is 6.89. The van der Waals surface area contributed by atoms with Crippen LogP contribution in [0.2, 0.25) is 5.02 Å². The number of likely N-dealkylation sites (tertiary alicyclic amines) is 1. The van der Waals surface area contributed by atoms with E-state index in [4.69, 9.17) is 30.2 Å². The summed E-state index contributed by atoms with van der Waals surface area (Å²) in [5.74, 6) is 1.30. The number of carbonyl (C=O) groups is 1. The summed E-state index contributed by atoms with van der Waals surface area (Å²) in [7, 11) is 0. The second-order valence-electron chi connectivity index (χ2n) is 7.65. The number of para-hydroxylation sites is 2. The summed E-state index contributed by atoms with van der Waals surface area (Å²) in [6, 6.07) is 17.4. The Bertz CT molecular complexity index is 1030. The van der Waals surface area contributed by atoms with E-state index in [2.05, 4.69) is 10.2 Å². The van der Waals surface area contributed by atoms with Crippen molar-refractivity contribution in [3.05, 3.63) is 71.9 Å². The number of carbonyl (C=O) groups excluding carboxylic acids is 1. The number of rotatable bonds is 9. The second kappa shape index (κ2) is 11.1. The minimum atomic E-state index is -0.706. The van der Waals surface area contributed by atoms with E-state index in [0.717, 1.165) is 25.3 Å². The van der Waals surface area contributed by atoms with E-state index < -0.39 is 12.2 Å². The fourth-order valence-electron chi connectivity index (χ4n) is 3.55. The van der Waals surface area contributed by atoms with Gasteiger partial charge >= 0.3 is 6.09 Å². The van der Waals surface area contributed by atoms with E-state index in [-0.39, 0.29) is 18.7 Å². The first-order valence-corrected chi connectivity index (χ1v) is 11.0. The monoisotopic (exact) mass is 472 g/mol. The minimum Gasteiger partial charge on any atom is -0.489 e. The molecule has 0 saturated carbocycles. The van der Waals surface area contributed by atoms with Gasteiger partial charge in [0.1, 0.15) is 30.3 Å². The summed E-state index contributed by atoms with van der Waals surface area (Å²) in [6.45, 7) is 2.07. The van der Waals surface area contributed by atoms with Crippen molar-refractivity contribution in [2.45, 2.75) is 18.6 Å². The molecule has 1 aliphatic heterocycles. The first kappa shape index (κ1) is 23.0. The van der Waals surface area contributed by atoms with Crippen molar-refractivity contribution in [3.63, 3.8) is 0 Å². The van der Waals surface area contributed by atoms with E-state index >= 15 is 0 Å². The number of halogens is 1. The summed E-state index contributed by atoms with van der Waals surface area (Å²) < 4.78 is 21.8. The highest BCUT2D eigenvalue weighted by molar-refractivity contribution is 6.30. The average Bonchev–Trinajstić information content (AvgIpc) is 3.47. The first-order valence-electron chi connectivity index (χ1n) is 10.6. The van der Waals surface area contributed by atoms with Gasteiger partial charge in [0.2, 0.25) is 0 Å². The van der Waals surface area contributed by atoms with Gasteiger partial charge in [-0.15, -0.1) is 0 Å². The molecule has 1 fully saturated rings. The lowest BCUT2D eigenvalue weighted by molar-refractivity contribution is 0.0722. The predicted molar refractivity (Wildman–Crippen MR) is 123 cm³/mol. The topological polar surface area (TPSA) is 93.4 Å². The molecule has 2 heterocycles. The molecule has 1 amide bonds. The molecule has 0 bridgehead atoms. The van der Waals surface area contributed by atoms with Crippen LogP contribution in [-0.4, -0.2) is 54.5 Å². The number of aliphatic hydroxyl groups is 1. The van der Waals surface area contributed by atoms with Gasteiger partial charge in [-0.1, -0.05) is 23.7 Å². The number of benzene rings is 2. The van der Waals surface area contributed by atoms with Gasteiger partial charge in [0.25, 0.3) is 5.95 Å². The minimum absolute atomic E-state index is 0.0596. The molecule has 1 saturated heterocycles. The number of hydrogen-bond acceptors (Lipinski definition) is 7. The number of ether oxygens (including phenoxy) is 3. The first-order chi connectivity index (χ1) is 16.0. The van der Waals surface area contributed by atoms with Crippen LogP contribution in [0.5, 0.6) is 17.4 Å². The van der Waals surface area contributed by atoms with Crippen molar-refractivity contribution >= 4 is 23.4 Å². The molecule has 9 heteroatoms. The predicted octanol–water partition coefficient (Wildman–Crippen LogP) is 4.44. The van der Waals surface area contributed by atoms with Gasteiger partial charge < -0.3 is 23.7 Å². The van der Waals surface area contributed by atoms with Crippen LogP contribution in [0.4, 0.5) is 10.5 Å². The third-order valence-corrected chi connectivity index (χ3v) is 5.31. The van der Waals surface area contributed by atoms with Crippen LogP contribution in [-0.2, 0) is 0 Å². The second-order valence-corrected chi connectivity index (χ2v) is 8.09. The van der Waals surface area contributed by atoms with Crippen molar-refractivity contribution in [1.82, 2.24) is 4.90 Å². The number of anilines is 1. The molecule has 0 spiro atoms. The normalized spacial score (nSPS) is 16.8. The zero-order valence-corrected chi connectivity index (χ0v) is 18.6. The van der Waals surface area contributed by atoms with Gasteiger partial charge in [-0.05, 0) is 48.9 Å². The Morgan fingerprint density at radius 3 is 2.79 bits per heavy atom. The van der Waals surface area contributed by atoms with Crippen LogP contribution in [0.3, 0.4) is 0 Å². The number of aliphatic hydroxyl groups excluding tert-OH is 1. The smallest absolute Gasteiger partial charge is 0.419 e. The molecule has 0 radical (unpaired) electrons. The molecule has 1 aliphatic rings. The molecule has 2 atom stereocenters. The number of nitrogens with zero attached hydrogens (tertiary/aromatic N) is 1. The molecule has 0 aliphatic carbocycles. The van der Waals surface area contributed by atoms with Crippen molar-refractivity contribution in [2.24, 2.45) is 0 Å². The quantitative estimate of drug-likeness (QED) is 0.475. The molecule has 3 aromatic rings. The Hall–Kier alpha value is -3.20. The van der Waals surface area contributed by atoms with Crippen LogP contribution in [0.1, 0.15) is 6.42 Å². The molecule has 8 nitrogen and oxygen atoms in total. The van der Waals surface area contributed by atoms with E-state index in [9.17, 15) is 9.90 Å². The molecule has 2 N–H and O–H groups in total. The maximum Gasteiger partial charge on any atom is 0.419 e. The Balaban J connectivity index is 1.22. The SMILES string of the molecule is O=C(Nc1ccccc1OCC(O)CN1CCC(Oc2ccc(Cl)cc2)C1)Oc1ccco1. The highest BCUT2D eigenvalue weighted by Gasteiger charge is 2.26. The largest absolute Gasteiger partial charge is 0.489 e. The Labute approximate surface area is 196 Å². The van der Waals surface area contributed by atoms with E-state index in [1.54, 1.807) is 42.5 Å². The van der Waals surface area contributed by atoms with Crippen molar-refractivity contribution in [2.75, 3.05) is 31.6 Å². The standard InChI is InChI=1S/C24H25ClN2O6/c25-17-7-9-19(10-8-17)32-20-11-12-27(15-20)14-18(28)16-31-22-5-2-1-4-21(22)26-24(29)33-23-6-3-13-30-23/h1-10,13,18,20,28H,11-12,14-16H2,(H,26,29). The third-order valence-electron chi connectivity index (χ3n) is 5.06. The summed E-state index contributed by atoms with van der Waals surface area (Å²) >= 11 is 5.91. The fourth-order valence-corrected chi connectivity index (χ4v) is 3.67. The van der Waals surface area contributed by atoms with Gasteiger partial charge in [-0.2, -0.15) is 0 Å². The van der Waals surface area contributed by atoms with E-state index in [1.807, 2.05) is 12.1 Å². The van der Waals surface area contributed by atoms with E-state index in [0.29, 0.717) is 23.0 Å². The molecular formula is C24H25ClN2O6. The number of furan rings is 1. The number of hydrogen-bond donors (Lipinski definition) is 2. The average molecular weight is 473 g/mol. The van der Waals surface area contributed by atoms with Crippen molar-refractivity contribution in [1.29, 1.82) is 0 Å². The zero-order chi connectivity index (χ0) is 23.0. The Kier molecular flexibility index (Phi) is 7.72. The molecule has 1 aromatic heterocycles. The molecule has 4 rings (SSSR count).